The molecule has 0 saturated heterocycles. The Kier molecular flexibility index (Phi) is 4.46. The first kappa shape index (κ1) is 15.7. The van der Waals surface area contributed by atoms with Crippen LogP contribution in [0.2, 0.25) is 0 Å². The lowest BCUT2D eigenvalue weighted by atomic mass is 10.1. The quantitative estimate of drug-likeness (QED) is 0.872. The second-order valence-electron chi connectivity index (χ2n) is 4.46. The molecule has 0 aliphatic heterocycles. The molecule has 0 aliphatic carbocycles. The lowest BCUT2D eigenvalue weighted by molar-refractivity contribution is 0.102. The van der Waals surface area contributed by atoms with Crippen LogP contribution in [0.4, 0.5) is 5.69 Å². The van der Waals surface area contributed by atoms with Gasteiger partial charge in [-0.1, -0.05) is 28.1 Å². The number of primary sulfonamides is 1. The van der Waals surface area contributed by atoms with E-state index in [-0.39, 0.29) is 10.6 Å². The van der Waals surface area contributed by atoms with Gasteiger partial charge in [0.25, 0.3) is 5.91 Å². The molecule has 0 saturated carbocycles. The number of benzene rings is 2. The summed E-state index contributed by atoms with van der Waals surface area (Å²) in [7, 11) is -3.90. The van der Waals surface area contributed by atoms with Crippen LogP contribution >= 0.6 is 15.9 Å². The summed E-state index contributed by atoms with van der Waals surface area (Å²) in [5, 5.41) is 7.70. The van der Waals surface area contributed by atoms with Gasteiger partial charge in [0, 0.05) is 10.0 Å². The van der Waals surface area contributed by atoms with Crippen LogP contribution in [-0.4, -0.2) is 14.3 Å². The Bertz CT molecular complexity index is 804. The summed E-state index contributed by atoms with van der Waals surface area (Å²) in [6, 6.07) is 11.1. The minimum Gasteiger partial charge on any atom is -0.321 e. The van der Waals surface area contributed by atoms with E-state index in [0.29, 0.717) is 5.56 Å². The highest BCUT2D eigenvalue weighted by atomic mass is 79.9. The minimum atomic E-state index is -3.90. The molecular weight excluding hydrogens is 356 g/mol. The number of nitrogens with one attached hydrogen (secondary N) is 1. The highest BCUT2D eigenvalue weighted by Crippen LogP contribution is 2.21. The fourth-order valence-electron chi connectivity index (χ4n) is 1.80. The third-order valence-corrected chi connectivity index (χ3v) is 4.72. The van der Waals surface area contributed by atoms with Crippen molar-refractivity contribution in [3.8, 4) is 0 Å². The van der Waals surface area contributed by atoms with E-state index >= 15 is 0 Å². The van der Waals surface area contributed by atoms with Gasteiger partial charge < -0.3 is 5.32 Å². The molecule has 0 atom stereocenters. The van der Waals surface area contributed by atoms with Crippen molar-refractivity contribution < 1.29 is 13.2 Å². The summed E-state index contributed by atoms with van der Waals surface area (Å²) < 4.78 is 23.9. The lowest BCUT2D eigenvalue weighted by Crippen LogP contribution is -2.18. The first-order valence-electron chi connectivity index (χ1n) is 5.98. The zero-order valence-corrected chi connectivity index (χ0v) is 13.5. The fraction of sp³-hybridized carbons (Fsp3) is 0.0714. The summed E-state index contributed by atoms with van der Waals surface area (Å²) in [6.45, 7) is 1.86. The van der Waals surface area contributed by atoms with Crippen molar-refractivity contribution in [3.63, 3.8) is 0 Å². The Balaban J connectivity index is 2.34. The smallest absolute Gasteiger partial charge is 0.255 e. The van der Waals surface area contributed by atoms with Gasteiger partial charge in [-0.25, -0.2) is 13.6 Å². The Morgan fingerprint density at radius 1 is 1.19 bits per heavy atom. The second-order valence-corrected chi connectivity index (χ2v) is 6.84. The average Bonchev–Trinajstić information content (AvgIpc) is 2.41. The maximum atomic E-state index is 12.2. The molecule has 2 aromatic rings. The topological polar surface area (TPSA) is 89.3 Å². The number of aryl methyl sites for hydroxylation is 1. The highest BCUT2D eigenvalue weighted by molar-refractivity contribution is 9.10. The second kappa shape index (κ2) is 5.97. The van der Waals surface area contributed by atoms with E-state index in [1.807, 2.05) is 6.92 Å². The van der Waals surface area contributed by atoms with Crippen molar-refractivity contribution in [2.24, 2.45) is 5.14 Å². The molecule has 0 aliphatic rings. The molecule has 0 bridgehead atoms. The van der Waals surface area contributed by atoms with Crippen LogP contribution < -0.4 is 10.5 Å². The molecule has 5 nitrogen and oxygen atoms in total. The van der Waals surface area contributed by atoms with Crippen LogP contribution in [0.5, 0.6) is 0 Å². The van der Waals surface area contributed by atoms with Gasteiger partial charge in [0.05, 0.1) is 5.69 Å². The molecular formula is C14H13BrN2O3S. The third-order valence-electron chi connectivity index (χ3n) is 2.86. The first-order chi connectivity index (χ1) is 9.79. The van der Waals surface area contributed by atoms with Gasteiger partial charge in [0.15, 0.2) is 0 Å². The number of sulfonamides is 1. The Morgan fingerprint density at radius 2 is 1.86 bits per heavy atom. The minimum absolute atomic E-state index is 0.118. The van der Waals surface area contributed by atoms with Crippen LogP contribution in [0.15, 0.2) is 51.8 Å². The summed E-state index contributed by atoms with van der Waals surface area (Å²) in [5.74, 6) is -0.401. The zero-order valence-electron chi connectivity index (χ0n) is 11.1. The molecule has 0 unspecified atom stereocenters. The molecule has 21 heavy (non-hydrogen) atoms. The molecule has 0 spiro atoms. The molecule has 7 heteroatoms. The average molecular weight is 369 g/mol. The Hall–Kier alpha value is -1.70. The van der Waals surface area contributed by atoms with Gasteiger partial charge in [-0.05, 0) is 42.8 Å². The van der Waals surface area contributed by atoms with E-state index < -0.39 is 15.9 Å². The zero-order chi connectivity index (χ0) is 15.6. The van der Waals surface area contributed by atoms with Crippen molar-refractivity contribution in [1.82, 2.24) is 0 Å². The van der Waals surface area contributed by atoms with Crippen LogP contribution in [0.3, 0.4) is 0 Å². The van der Waals surface area contributed by atoms with Crippen molar-refractivity contribution in [1.29, 1.82) is 0 Å². The fourth-order valence-corrected chi connectivity index (χ4v) is 2.74. The largest absolute Gasteiger partial charge is 0.321 e. The number of nitrogens with two attached hydrogens (primary N) is 1. The van der Waals surface area contributed by atoms with E-state index in [1.165, 1.54) is 12.1 Å². The van der Waals surface area contributed by atoms with E-state index in [1.54, 1.807) is 30.3 Å². The van der Waals surface area contributed by atoms with Crippen molar-refractivity contribution >= 4 is 37.5 Å². The van der Waals surface area contributed by atoms with Gasteiger partial charge in [-0.15, -0.1) is 0 Å². The maximum Gasteiger partial charge on any atom is 0.255 e. The van der Waals surface area contributed by atoms with E-state index in [9.17, 15) is 13.2 Å². The molecule has 0 radical (unpaired) electrons. The van der Waals surface area contributed by atoms with Gasteiger partial charge in [0.1, 0.15) is 4.90 Å². The lowest BCUT2D eigenvalue weighted by Gasteiger charge is -2.10. The van der Waals surface area contributed by atoms with Gasteiger partial charge in [0.2, 0.25) is 10.0 Å². The van der Waals surface area contributed by atoms with E-state index in [2.05, 4.69) is 21.2 Å². The number of rotatable bonds is 3. The number of hydrogen-bond acceptors (Lipinski definition) is 3. The number of amides is 1. The maximum absolute atomic E-state index is 12.2. The standard InChI is InChI=1S/C14H13BrN2O3S/c1-9-8-10(6-7-11(9)15)14(18)17-12-4-2-3-5-13(12)21(16,19)20/h2-8H,1H3,(H,17,18)(H2,16,19,20). The summed E-state index contributed by atoms with van der Waals surface area (Å²) in [5.41, 5.74) is 1.49. The van der Waals surface area contributed by atoms with Crippen LogP contribution in [0.1, 0.15) is 15.9 Å². The highest BCUT2D eigenvalue weighted by Gasteiger charge is 2.16. The van der Waals surface area contributed by atoms with Gasteiger partial charge >= 0.3 is 0 Å². The molecule has 0 heterocycles. The van der Waals surface area contributed by atoms with Crippen molar-refractivity contribution in [2.45, 2.75) is 11.8 Å². The Labute approximate surface area is 131 Å². The van der Waals surface area contributed by atoms with Gasteiger partial charge in [-0.2, -0.15) is 0 Å². The van der Waals surface area contributed by atoms with E-state index in [0.717, 1.165) is 10.0 Å². The van der Waals surface area contributed by atoms with Crippen molar-refractivity contribution in [2.75, 3.05) is 5.32 Å². The van der Waals surface area contributed by atoms with E-state index in [4.69, 9.17) is 5.14 Å². The van der Waals surface area contributed by atoms with Gasteiger partial charge in [-0.3, -0.25) is 4.79 Å². The number of anilines is 1. The number of halogens is 1. The summed E-state index contributed by atoms with van der Waals surface area (Å²) in [6.07, 6.45) is 0. The normalized spacial score (nSPS) is 11.2. The Morgan fingerprint density at radius 3 is 2.48 bits per heavy atom. The number of hydrogen-bond donors (Lipinski definition) is 2. The van der Waals surface area contributed by atoms with Crippen LogP contribution in [0, 0.1) is 6.92 Å². The number of carbonyl (C=O) groups excluding carboxylic acids is 1. The van der Waals surface area contributed by atoms with Crippen LogP contribution in [0.25, 0.3) is 0 Å². The monoisotopic (exact) mass is 368 g/mol. The molecule has 0 aromatic heterocycles. The van der Waals surface area contributed by atoms with Crippen molar-refractivity contribution in [3.05, 3.63) is 58.1 Å². The molecule has 110 valence electrons. The predicted octanol–water partition coefficient (Wildman–Crippen LogP) is 2.66. The molecule has 0 fully saturated rings. The third kappa shape index (κ3) is 3.69. The van der Waals surface area contributed by atoms with Crippen LogP contribution in [-0.2, 0) is 10.0 Å². The molecule has 3 N–H and O–H groups in total. The summed E-state index contributed by atoms with van der Waals surface area (Å²) in [4.78, 5) is 12.1. The molecule has 2 rings (SSSR count). The molecule has 1 amide bonds. The SMILES string of the molecule is Cc1cc(C(=O)Nc2ccccc2S(N)(=O)=O)ccc1Br. The molecule has 2 aromatic carbocycles. The summed E-state index contributed by atoms with van der Waals surface area (Å²) >= 11 is 3.36. The predicted molar refractivity (Wildman–Crippen MR) is 84.6 cm³/mol. The first-order valence-corrected chi connectivity index (χ1v) is 8.32. The number of carbonyl (C=O) groups is 1. The number of para-hydroxylation sites is 1.